The van der Waals surface area contributed by atoms with E-state index in [0.717, 1.165) is 42.3 Å². The Hall–Kier alpha value is -2.28. The van der Waals surface area contributed by atoms with E-state index in [1.807, 2.05) is 5.38 Å². The maximum absolute atomic E-state index is 13.4. The number of aliphatic imine (C=N–C) groups is 1. The summed E-state index contributed by atoms with van der Waals surface area (Å²) in [7, 11) is 0. The van der Waals surface area contributed by atoms with E-state index in [1.165, 1.54) is 23.5 Å². The van der Waals surface area contributed by atoms with E-state index >= 15 is 0 Å². The van der Waals surface area contributed by atoms with Crippen molar-refractivity contribution in [1.29, 1.82) is 0 Å². The first-order chi connectivity index (χ1) is 13.1. The van der Waals surface area contributed by atoms with Gasteiger partial charge in [0.05, 0.1) is 18.6 Å². The Morgan fingerprint density at radius 3 is 2.63 bits per heavy atom. The van der Waals surface area contributed by atoms with Crippen molar-refractivity contribution in [2.24, 2.45) is 10.9 Å². The number of amidine groups is 1. The molecule has 0 amide bonds. The Balaban J connectivity index is 2.02. The summed E-state index contributed by atoms with van der Waals surface area (Å²) in [5.74, 6) is -0.318. The van der Waals surface area contributed by atoms with Gasteiger partial charge in [0.1, 0.15) is 5.82 Å². The van der Waals surface area contributed by atoms with Crippen molar-refractivity contribution in [1.82, 2.24) is 9.88 Å². The van der Waals surface area contributed by atoms with E-state index < -0.39 is 12.0 Å². The molecule has 144 valence electrons. The van der Waals surface area contributed by atoms with Crippen molar-refractivity contribution < 1.29 is 13.9 Å². The average molecular weight is 389 g/mol. The predicted molar refractivity (Wildman–Crippen MR) is 104 cm³/mol. The molecule has 7 heteroatoms. The van der Waals surface area contributed by atoms with Crippen molar-refractivity contribution >= 4 is 23.1 Å². The van der Waals surface area contributed by atoms with Gasteiger partial charge in [0.25, 0.3) is 0 Å². The lowest BCUT2D eigenvalue weighted by Crippen LogP contribution is -2.31. The van der Waals surface area contributed by atoms with Crippen LogP contribution in [0.3, 0.4) is 0 Å². The second-order valence-electron chi connectivity index (χ2n) is 6.52. The molecule has 3 rings (SSSR count). The minimum absolute atomic E-state index is 0.310. The number of thiazole rings is 1. The van der Waals surface area contributed by atoms with Gasteiger partial charge in [-0.3, -0.25) is 9.79 Å². The van der Waals surface area contributed by atoms with E-state index in [-0.39, 0.29) is 11.8 Å². The number of likely N-dealkylation sites (tertiary alicyclic amines) is 1. The largest absolute Gasteiger partial charge is 0.466 e. The third-order valence-electron chi connectivity index (χ3n) is 4.63. The molecule has 5 nitrogen and oxygen atoms in total. The number of hydrogen-bond donors (Lipinski definition) is 0. The summed E-state index contributed by atoms with van der Waals surface area (Å²) in [6, 6.07) is 5.69. The zero-order valence-electron chi connectivity index (χ0n) is 15.6. The van der Waals surface area contributed by atoms with Crippen LogP contribution in [0.25, 0.3) is 0 Å². The summed E-state index contributed by atoms with van der Waals surface area (Å²) in [5.41, 5.74) is 0.783. The van der Waals surface area contributed by atoms with E-state index in [1.54, 1.807) is 32.2 Å². The topological polar surface area (TPSA) is 54.8 Å². The van der Waals surface area contributed by atoms with Gasteiger partial charge in [-0.25, -0.2) is 9.37 Å². The molecule has 0 spiro atoms. The minimum atomic E-state index is -0.493. The Labute approximate surface area is 162 Å². The molecule has 0 saturated carbocycles. The third kappa shape index (κ3) is 4.71. The van der Waals surface area contributed by atoms with Crippen LogP contribution in [0, 0.1) is 11.7 Å². The lowest BCUT2D eigenvalue weighted by atomic mass is 9.95. The van der Waals surface area contributed by atoms with Crippen LogP contribution in [0.15, 0.2) is 40.8 Å². The molecule has 2 atom stereocenters. The molecular formula is C20H24FN3O2S. The van der Waals surface area contributed by atoms with Crippen molar-refractivity contribution in [3.63, 3.8) is 0 Å². The monoisotopic (exact) mass is 389 g/mol. The quantitative estimate of drug-likeness (QED) is 0.425. The molecule has 0 bridgehead atoms. The van der Waals surface area contributed by atoms with Gasteiger partial charge in [-0.15, -0.1) is 11.3 Å². The number of benzene rings is 1. The number of rotatable bonds is 6. The molecule has 2 aromatic rings. The fraction of sp³-hybridized carbons (Fsp3) is 0.450. The summed E-state index contributed by atoms with van der Waals surface area (Å²) in [6.45, 7) is 5.74. The van der Waals surface area contributed by atoms with Crippen LogP contribution in [0.4, 0.5) is 4.39 Å². The standard InChI is InChI=1S/C20H24FN3O2S/c1-3-26-20(25)14(2)17(15-6-8-16(21)9-7-15)23-18(19-22-10-13-27-19)24-11-4-5-12-24/h6-10,13-14,17H,3-5,11-12H2,1-2H3/b23-18-. The maximum Gasteiger partial charge on any atom is 0.311 e. The van der Waals surface area contributed by atoms with Crippen molar-refractivity contribution in [2.45, 2.75) is 32.7 Å². The van der Waals surface area contributed by atoms with Crippen LogP contribution in [-0.4, -0.2) is 41.4 Å². The van der Waals surface area contributed by atoms with Crippen LogP contribution >= 0.6 is 11.3 Å². The summed E-state index contributed by atoms with van der Waals surface area (Å²) in [6.07, 6.45) is 3.98. The Morgan fingerprint density at radius 1 is 1.33 bits per heavy atom. The molecule has 0 N–H and O–H groups in total. The van der Waals surface area contributed by atoms with Crippen LogP contribution < -0.4 is 0 Å². The molecule has 1 fully saturated rings. The average Bonchev–Trinajstić information content (AvgIpc) is 3.37. The number of nitrogens with zero attached hydrogens (tertiary/aromatic N) is 3. The number of ether oxygens (including phenoxy) is 1. The number of carbonyl (C=O) groups excluding carboxylic acids is 1. The number of esters is 1. The molecule has 2 unspecified atom stereocenters. The highest BCUT2D eigenvalue weighted by Gasteiger charge is 2.29. The number of halogens is 1. The molecule has 1 aliphatic heterocycles. The van der Waals surface area contributed by atoms with Crippen LogP contribution in [-0.2, 0) is 9.53 Å². The highest BCUT2D eigenvalue weighted by atomic mass is 32.1. The smallest absolute Gasteiger partial charge is 0.311 e. The molecule has 1 aromatic carbocycles. The van der Waals surface area contributed by atoms with Gasteiger partial charge in [-0.1, -0.05) is 12.1 Å². The highest BCUT2D eigenvalue weighted by molar-refractivity contribution is 7.11. The maximum atomic E-state index is 13.4. The van der Waals surface area contributed by atoms with Crippen molar-refractivity contribution in [3.8, 4) is 0 Å². The minimum Gasteiger partial charge on any atom is -0.466 e. The summed E-state index contributed by atoms with van der Waals surface area (Å²) in [4.78, 5) is 24.0. The highest BCUT2D eigenvalue weighted by Crippen LogP contribution is 2.30. The normalized spacial score (nSPS) is 17.0. The van der Waals surface area contributed by atoms with Crippen LogP contribution in [0.1, 0.15) is 43.3 Å². The van der Waals surface area contributed by atoms with Gasteiger partial charge in [0.2, 0.25) is 0 Å². The molecule has 2 heterocycles. The number of hydrogen-bond acceptors (Lipinski definition) is 5. The van der Waals surface area contributed by atoms with Gasteiger partial charge < -0.3 is 9.64 Å². The summed E-state index contributed by atoms with van der Waals surface area (Å²) < 4.78 is 18.6. The van der Waals surface area contributed by atoms with E-state index in [9.17, 15) is 9.18 Å². The summed E-state index contributed by atoms with van der Waals surface area (Å²) in [5, 5.41) is 2.75. The van der Waals surface area contributed by atoms with E-state index in [0.29, 0.717) is 6.61 Å². The Bertz CT molecular complexity index is 771. The number of aromatic nitrogens is 1. The molecule has 1 saturated heterocycles. The van der Waals surface area contributed by atoms with Crippen LogP contribution in [0.5, 0.6) is 0 Å². The number of carbonyl (C=O) groups is 1. The first kappa shape index (κ1) is 19.5. The fourth-order valence-electron chi connectivity index (χ4n) is 3.20. The fourth-order valence-corrected chi connectivity index (χ4v) is 3.86. The second-order valence-corrected chi connectivity index (χ2v) is 7.42. The van der Waals surface area contributed by atoms with Crippen molar-refractivity contribution in [2.75, 3.05) is 19.7 Å². The molecular weight excluding hydrogens is 365 g/mol. The zero-order valence-corrected chi connectivity index (χ0v) is 16.4. The summed E-state index contributed by atoms with van der Waals surface area (Å²) >= 11 is 1.53. The van der Waals surface area contributed by atoms with Gasteiger partial charge in [-0.2, -0.15) is 0 Å². The second kappa shape index (κ2) is 9.08. The first-order valence-electron chi connectivity index (χ1n) is 9.25. The lowest BCUT2D eigenvalue weighted by Gasteiger charge is -2.24. The third-order valence-corrected chi connectivity index (χ3v) is 5.40. The molecule has 1 aromatic heterocycles. The van der Waals surface area contributed by atoms with Gasteiger partial charge in [0, 0.05) is 24.7 Å². The zero-order chi connectivity index (χ0) is 19.2. The lowest BCUT2D eigenvalue weighted by molar-refractivity contribution is -0.148. The van der Waals surface area contributed by atoms with Gasteiger partial charge in [0.15, 0.2) is 10.8 Å². The van der Waals surface area contributed by atoms with E-state index in [2.05, 4.69) is 9.88 Å². The first-order valence-corrected chi connectivity index (χ1v) is 10.1. The van der Waals surface area contributed by atoms with Crippen LogP contribution in [0.2, 0.25) is 0 Å². The molecule has 0 aliphatic carbocycles. The van der Waals surface area contributed by atoms with Crippen molar-refractivity contribution in [3.05, 3.63) is 52.2 Å². The molecule has 0 radical (unpaired) electrons. The van der Waals surface area contributed by atoms with E-state index in [4.69, 9.17) is 9.73 Å². The predicted octanol–water partition coefficient (Wildman–Crippen LogP) is 4.07. The Kier molecular flexibility index (Phi) is 6.55. The SMILES string of the molecule is CCOC(=O)C(C)C(/N=C(/c1nccs1)N1CCCC1)c1ccc(F)cc1. The van der Waals surface area contributed by atoms with Gasteiger partial charge >= 0.3 is 5.97 Å². The molecule has 1 aliphatic rings. The Morgan fingerprint density at radius 2 is 2.04 bits per heavy atom. The van der Waals surface area contributed by atoms with Gasteiger partial charge in [-0.05, 0) is 44.4 Å². The molecule has 27 heavy (non-hydrogen) atoms.